The summed E-state index contributed by atoms with van der Waals surface area (Å²) < 4.78 is 5.14. The quantitative estimate of drug-likeness (QED) is 0.694. The van der Waals surface area contributed by atoms with Crippen molar-refractivity contribution in [2.75, 3.05) is 13.7 Å². The smallest absolute Gasteiger partial charge is 0.118 e. The summed E-state index contributed by atoms with van der Waals surface area (Å²) in [7, 11) is 5.82. The number of benzene rings is 1. The van der Waals surface area contributed by atoms with Gasteiger partial charge < -0.3 is 9.64 Å². The van der Waals surface area contributed by atoms with Gasteiger partial charge in [0.1, 0.15) is 5.75 Å². The number of hydrogen-bond acceptors (Lipinski definition) is 1. The van der Waals surface area contributed by atoms with Crippen molar-refractivity contribution < 1.29 is 9.64 Å². The highest BCUT2D eigenvalue weighted by Gasteiger charge is 2.22. The molecule has 0 radical (unpaired) electrons. The van der Waals surface area contributed by atoms with Crippen LogP contribution in [-0.2, 0) is 0 Å². The van der Waals surface area contributed by atoms with Crippen molar-refractivity contribution in [1.29, 1.82) is 0 Å². The molecule has 1 aromatic carbocycles. The summed E-state index contributed by atoms with van der Waals surface area (Å²) >= 11 is 0. The Balaban J connectivity index is 2.16. The minimum atomic E-state index is 0.584. The lowest BCUT2D eigenvalue weighted by Crippen LogP contribution is -3.04. The number of quaternary nitrogens is 1. The molecule has 2 heteroatoms. The van der Waals surface area contributed by atoms with Gasteiger partial charge in [0.05, 0.1) is 19.7 Å². The van der Waals surface area contributed by atoms with E-state index in [1.165, 1.54) is 29.8 Å². The number of likely N-dealkylation sites (tertiary alicyclic amines) is 1. The Kier molecular flexibility index (Phi) is 2.73. The predicted molar refractivity (Wildman–Crippen MR) is 56.2 cm³/mol. The molecule has 2 atom stereocenters. The molecule has 0 saturated carbocycles. The first-order valence-electron chi connectivity index (χ1n) is 5.13. The third-order valence-electron chi connectivity index (χ3n) is 3.00. The number of nitrogens with one attached hydrogen (secondary N) is 1. The predicted octanol–water partition coefficient (Wildman–Crippen LogP) is 1.21. The lowest BCUT2D eigenvalue weighted by atomic mass is 10.0. The summed E-state index contributed by atoms with van der Waals surface area (Å²) in [4.78, 5) is 1.38. The molecule has 0 spiro atoms. The van der Waals surface area contributed by atoms with Gasteiger partial charge in [0.15, 0.2) is 0 Å². The van der Waals surface area contributed by atoms with Crippen molar-refractivity contribution in [3.63, 3.8) is 0 Å². The normalized spacial score (nSPS) is 26.4. The van der Waals surface area contributed by atoms with Gasteiger partial charge in [0.25, 0.3) is 0 Å². The van der Waals surface area contributed by atoms with Crippen LogP contribution in [0.3, 0.4) is 0 Å². The number of methoxy groups -OCH3 is 1. The van der Waals surface area contributed by atoms with Gasteiger partial charge in [-0.1, -0.05) is 0 Å². The lowest BCUT2D eigenvalue weighted by molar-refractivity contribution is -0.872. The Labute approximate surface area is 85.5 Å². The Bertz CT molecular complexity index is 294. The minimum absolute atomic E-state index is 0.584. The van der Waals surface area contributed by atoms with Crippen LogP contribution in [0.5, 0.6) is 5.75 Å². The number of rotatable bonds is 2. The summed E-state index contributed by atoms with van der Waals surface area (Å²) in [5.41, 5.74) is 1.38. The van der Waals surface area contributed by atoms with E-state index in [1.54, 1.807) is 7.11 Å². The second kappa shape index (κ2) is 4.01. The van der Waals surface area contributed by atoms with Crippen molar-refractivity contribution in [2.45, 2.75) is 18.9 Å². The van der Waals surface area contributed by atoms with Crippen molar-refractivity contribution in [1.82, 2.24) is 0 Å². The molecule has 1 aromatic rings. The zero-order chi connectivity index (χ0) is 9.97. The maximum atomic E-state index is 5.14. The second-order valence-electron chi connectivity index (χ2n) is 3.88. The molecule has 1 heterocycles. The highest BCUT2D eigenvalue weighted by Crippen LogP contribution is 2.21. The van der Waals surface area contributed by atoms with Gasteiger partial charge in [-0.25, -0.2) is 0 Å². The summed E-state index contributed by atoms with van der Waals surface area (Å²) in [6.07, 6.45) is 2.54. The molecule has 1 aliphatic heterocycles. The largest absolute Gasteiger partial charge is 0.497 e. The van der Waals surface area contributed by atoms with E-state index < -0.39 is 0 Å². The molecule has 0 bridgehead atoms. The summed E-state index contributed by atoms with van der Waals surface area (Å²) in [6, 6.07) is 8.95. The molecule has 2 rings (SSSR count). The molecule has 76 valence electrons. The number of ether oxygens (including phenoxy) is 1. The highest BCUT2D eigenvalue weighted by molar-refractivity contribution is 5.28. The van der Waals surface area contributed by atoms with E-state index in [4.69, 9.17) is 4.74 Å². The molecule has 2 nitrogen and oxygen atoms in total. The SMILES string of the molecule is [CH2-][NH+]1CCCC1c1ccc(OC)cc1. The maximum absolute atomic E-state index is 5.14. The van der Waals surface area contributed by atoms with Gasteiger partial charge in [-0.05, 0) is 24.3 Å². The van der Waals surface area contributed by atoms with Crippen LogP contribution in [0.1, 0.15) is 24.4 Å². The molecule has 2 unspecified atom stereocenters. The van der Waals surface area contributed by atoms with Gasteiger partial charge in [-0.15, -0.1) is 0 Å². The highest BCUT2D eigenvalue weighted by atomic mass is 16.5. The van der Waals surface area contributed by atoms with Crippen LogP contribution in [-0.4, -0.2) is 13.7 Å². The van der Waals surface area contributed by atoms with Gasteiger partial charge in [0.2, 0.25) is 0 Å². The maximum Gasteiger partial charge on any atom is 0.118 e. The first-order chi connectivity index (χ1) is 6.81. The van der Waals surface area contributed by atoms with Crippen LogP contribution in [0.2, 0.25) is 0 Å². The fourth-order valence-electron chi connectivity index (χ4n) is 2.15. The zero-order valence-corrected chi connectivity index (χ0v) is 8.62. The van der Waals surface area contributed by atoms with E-state index in [2.05, 4.69) is 19.2 Å². The Morgan fingerprint density at radius 2 is 2.07 bits per heavy atom. The van der Waals surface area contributed by atoms with Crippen LogP contribution < -0.4 is 9.64 Å². The third kappa shape index (κ3) is 1.75. The standard InChI is InChI=1S/C12H17NO/c1-13-9-3-4-12(13)10-5-7-11(14-2)8-6-10/h5-8,12-13H,1,3-4,9H2,2H3. The van der Waals surface area contributed by atoms with Crippen LogP contribution in [0.25, 0.3) is 0 Å². The minimum Gasteiger partial charge on any atom is -0.497 e. The first kappa shape index (κ1) is 9.53. The van der Waals surface area contributed by atoms with Gasteiger partial charge >= 0.3 is 0 Å². The molecule has 0 aromatic heterocycles. The lowest BCUT2D eigenvalue weighted by Gasteiger charge is -2.23. The average Bonchev–Trinajstić information content (AvgIpc) is 2.65. The monoisotopic (exact) mass is 191 g/mol. The van der Waals surface area contributed by atoms with Gasteiger partial charge in [0, 0.05) is 18.4 Å². The van der Waals surface area contributed by atoms with Crippen LogP contribution in [0.4, 0.5) is 0 Å². The van der Waals surface area contributed by atoms with E-state index in [0.717, 1.165) is 5.75 Å². The molecule has 14 heavy (non-hydrogen) atoms. The zero-order valence-electron chi connectivity index (χ0n) is 8.62. The molecular formula is C12H17NO. The molecule has 1 N–H and O–H groups in total. The van der Waals surface area contributed by atoms with E-state index in [9.17, 15) is 0 Å². The molecule has 1 aliphatic rings. The van der Waals surface area contributed by atoms with E-state index >= 15 is 0 Å². The topological polar surface area (TPSA) is 13.7 Å². The van der Waals surface area contributed by atoms with Crippen molar-refractivity contribution in [3.8, 4) is 5.75 Å². The fourth-order valence-corrected chi connectivity index (χ4v) is 2.15. The Morgan fingerprint density at radius 1 is 1.36 bits per heavy atom. The van der Waals surface area contributed by atoms with Crippen molar-refractivity contribution in [2.24, 2.45) is 0 Å². The van der Waals surface area contributed by atoms with Crippen LogP contribution >= 0.6 is 0 Å². The Hall–Kier alpha value is -1.02. The Morgan fingerprint density at radius 3 is 2.57 bits per heavy atom. The molecule has 0 aliphatic carbocycles. The molecular weight excluding hydrogens is 174 g/mol. The summed E-state index contributed by atoms with van der Waals surface area (Å²) in [5.74, 6) is 0.928. The first-order valence-corrected chi connectivity index (χ1v) is 5.13. The van der Waals surface area contributed by atoms with E-state index in [1.807, 2.05) is 12.1 Å². The van der Waals surface area contributed by atoms with Crippen LogP contribution in [0.15, 0.2) is 24.3 Å². The van der Waals surface area contributed by atoms with E-state index in [-0.39, 0.29) is 0 Å². The van der Waals surface area contributed by atoms with Gasteiger partial charge in [-0.3, -0.25) is 0 Å². The molecule has 1 saturated heterocycles. The van der Waals surface area contributed by atoms with Gasteiger partial charge in [-0.2, -0.15) is 7.05 Å². The molecule has 1 fully saturated rings. The summed E-state index contributed by atoms with van der Waals surface area (Å²) in [5, 5.41) is 0. The summed E-state index contributed by atoms with van der Waals surface area (Å²) in [6.45, 7) is 1.19. The third-order valence-corrected chi connectivity index (χ3v) is 3.00. The van der Waals surface area contributed by atoms with Crippen molar-refractivity contribution in [3.05, 3.63) is 36.9 Å². The number of hydrogen-bond donors (Lipinski definition) is 1. The average molecular weight is 191 g/mol. The van der Waals surface area contributed by atoms with E-state index in [0.29, 0.717) is 6.04 Å². The van der Waals surface area contributed by atoms with Crippen molar-refractivity contribution >= 4 is 0 Å². The molecule has 0 amide bonds. The second-order valence-corrected chi connectivity index (χ2v) is 3.88. The fraction of sp³-hybridized carbons (Fsp3) is 0.417. The van der Waals surface area contributed by atoms with Crippen LogP contribution in [0, 0.1) is 7.05 Å².